The van der Waals surface area contributed by atoms with Crippen LogP contribution in [0, 0.1) is 6.92 Å². The number of hydrogen-bond acceptors (Lipinski definition) is 6. The van der Waals surface area contributed by atoms with Crippen molar-refractivity contribution in [2.24, 2.45) is 5.73 Å². The Kier molecular flexibility index (Phi) is 4.96. The topological polar surface area (TPSA) is 115 Å². The molecular formula is C11H18N6O2S. The summed E-state index contributed by atoms with van der Waals surface area (Å²) in [4.78, 5) is 23.0. The van der Waals surface area contributed by atoms with Gasteiger partial charge in [0.2, 0.25) is 5.91 Å². The van der Waals surface area contributed by atoms with Crippen LogP contribution in [0.2, 0.25) is 0 Å². The molecule has 1 aromatic heterocycles. The first kappa shape index (κ1) is 14.8. The highest BCUT2D eigenvalue weighted by molar-refractivity contribution is 7.99. The van der Waals surface area contributed by atoms with E-state index in [2.05, 4.69) is 20.8 Å². The maximum absolute atomic E-state index is 11.6. The molecule has 0 atom stereocenters. The van der Waals surface area contributed by atoms with Gasteiger partial charge in [0.1, 0.15) is 5.82 Å². The van der Waals surface area contributed by atoms with Gasteiger partial charge in [-0.1, -0.05) is 11.8 Å². The quantitative estimate of drug-likeness (QED) is 0.617. The zero-order chi connectivity index (χ0) is 14.5. The second-order valence-corrected chi connectivity index (χ2v) is 5.50. The molecule has 1 aromatic rings. The van der Waals surface area contributed by atoms with E-state index in [0.717, 1.165) is 18.7 Å². The smallest absolute Gasteiger partial charge is 0.321 e. The third kappa shape index (κ3) is 4.20. The number of carbonyl (C=O) groups is 2. The fraction of sp³-hybridized carbons (Fsp3) is 0.636. The molecule has 4 N–H and O–H groups in total. The first-order valence-corrected chi connectivity index (χ1v) is 7.41. The van der Waals surface area contributed by atoms with E-state index in [0.29, 0.717) is 18.2 Å². The highest BCUT2D eigenvalue weighted by Crippen LogP contribution is 2.18. The summed E-state index contributed by atoms with van der Waals surface area (Å²) in [6, 6.07) is -0.205. The van der Waals surface area contributed by atoms with Gasteiger partial charge in [-0.3, -0.25) is 10.1 Å². The minimum atomic E-state index is -0.433. The average Bonchev–Trinajstić information content (AvgIpc) is 3.13. The first-order chi connectivity index (χ1) is 9.60. The Balaban J connectivity index is 1.78. The molecule has 0 bridgehead atoms. The van der Waals surface area contributed by atoms with Crippen LogP contribution in [0.25, 0.3) is 0 Å². The van der Waals surface area contributed by atoms with Crippen molar-refractivity contribution in [1.29, 1.82) is 0 Å². The number of hydrogen-bond donors (Lipinski definition) is 3. The predicted octanol–water partition coefficient (Wildman–Crippen LogP) is -0.374. The Morgan fingerprint density at radius 1 is 1.45 bits per heavy atom. The molecule has 0 radical (unpaired) electrons. The molecule has 0 saturated heterocycles. The highest BCUT2D eigenvalue weighted by Gasteiger charge is 2.24. The first-order valence-electron chi connectivity index (χ1n) is 6.43. The number of nitrogens with zero attached hydrogens (tertiary/aromatic N) is 3. The van der Waals surface area contributed by atoms with E-state index >= 15 is 0 Å². The molecule has 9 heteroatoms. The number of aryl methyl sites for hydroxylation is 1. The van der Waals surface area contributed by atoms with Crippen LogP contribution in [0.4, 0.5) is 4.79 Å². The summed E-state index contributed by atoms with van der Waals surface area (Å²) in [5, 5.41) is 13.5. The number of carbonyl (C=O) groups excluding carboxylic acids is 2. The SMILES string of the molecule is Cc1nnc(SCC(=O)NC(=O)NC2CC2)n1CCN. The fourth-order valence-corrected chi connectivity index (χ4v) is 2.41. The van der Waals surface area contributed by atoms with Crippen LogP contribution < -0.4 is 16.4 Å². The van der Waals surface area contributed by atoms with Crippen molar-refractivity contribution < 1.29 is 9.59 Å². The largest absolute Gasteiger partial charge is 0.335 e. The van der Waals surface area contributed by atoms with Crippen LogP contribution >= 0.6 is 11.8 Å². The van der Waals surface area contributed by atoms with E-state index in [1.807, 2.05) is 11.5 Å². The minimum Gasteiger partial charge on any atom is -0.335 e. The zero-order valence-electron chi connectivity index (χ0n) is 11.3. The summed E-state index contributed by atoms with van der Waals surface area (Å²) >= 11 is 1.23. The van der Waals surface area contributed by atoms with Crippen molar-refractivity contribution in [3.05, 3.63) is 5.82 Å². The second kappa shape index (κ2) is 6.71. The monoisotopic (exact) mass is 298 g/mol. The van der Waals surface area contributed by atoms with Crippen molar-refractivity contribution in [1.82, 2.24) is 25.4 Å². The molecule has 0 aliphatic heterocycles. The number of nitrogens with two attached hydrogens (primary N) is 1. The molecule has 3 amide bonds. The van der Waals surface area contributed by atoms with Gasteiger partial charge in [-0.25, -0.2) is 4.79 Å². The Labute approximate surface area is 120 Å². The molecule has 1 fully saturated rings. The van der Waals surface area contributed by atoms with Gasteiger partial charge >= 0.3 is 6.03 Å². The number of imide groups is 1. The van der Waals surface area contributed by atoms with Crippen LogP contribution in [-0.2, 0) is 11.3 Å². The molecule has 8 nitrogen and oxygen atoms in total. The molecule has 2 rings (SSSR count). The summed E-state index contributed by atoms with van der Waals surface area (Å²) in [5.41, 5.74) is 5.51. The Bertz CT molecular complexity index is 499. The number of nitrogens with one attached hydrogen (secondary N) is 2. The zero-order valence-corrected chi connectivity index (χ0v) is 12.1. The predicted molar refractivity (Wildman–Crippen MR) is 74.2 cm³/mol. The lowest BCUT2D eigenvalue weighted by molar-refractivity contribution is -0.117. The van der Waals surface area contributed by atoms with Crippen LogP contribution in [-0.4, -0.2) is 45.0 Å². The van der Waals surface area contributed by atoms with Gasteiger partial charge in [-0.05, 0) is 19.8 Å². The molecule has 0 spiro atoms. The fourth-order valence-electron chi connectivity index (χ4n) is 1.60. The minimum absolute atomic E-state index is 0.112. The van der Waals surface area contributed by atoms with E-state index in [9.17, 15) is 9.59 Å². The van der Waals surface area contributed by atoms with Gasteiger partial charge in [0.25, 0.3) is 0 Å². The molecule has 1 heterocycles. The van der Waals surface area contributed by atoms with E-state index in [1.165, 1.54) is 11.8 Å². The van der Waals surface area contributed by atoms with Gasteiger partial charge < -0.3 is 15.6 Å². The number of aromatic nitrogens is 3. The van der Waals surface area contributed by atoms with Crippen molar-refractivity contribution >= 4 is 23.7 Å². The van der Waals surface area contributed by atoms with Gasteiger partial charge in [-0.15, -0.1) is 10.2 Å². The third-order valence-corrected chi connectivity index (χ3v) is 3.72. The molecule has 0 aromatic carbocycles. The highest BCUT2D eigenvalue weighted by atomic mass is 32.2. The van der Waals surface area contributed by atoms with E-state index in [-0.39, 0.29) is 17.7 Å². The molecular weight excluding hydrogens is 280 g/mol. The number of amides is 3. The maximum Gasteiger partial charge on any atom is 0.321 e. The van der Waals surface area contributed by atoms with Crippen molar-refractivity contribution in [3.8, 4) is 0 Å². The van der Waals surface area contributed by atoms with Crippen LogP contribution in [0.5, 0.6) is 0 Å². The Morgan fingerprint density at radius 3 is 2.85 bits per heavy atom. The lowest BCUT2D eigenvalue weighted by atomic mass is 10.6. The summed E-state index contributed by atoms with van der Waals surface area (Å²) in [5.74, 6) is 0.513. The van der Waals surface area contributed by atoms with E-state index in [1.54, 1.807) is 0 Å². The Hall–Kier alpha value is -1.61. The lowest BCUT2D eigenvalue weighted by Crippen LogP contribution is -2.41. The van der Waals surface area contributed by atoms with E-state index in [4.69, 9.17) is 5.73 Å². The molecule has 1 saturated carbocycles. The van der Waals surface area contributed by atoms with Gasteiger partial charge in [-0.2, -0.15) is 0 Å². The standard InChI is InChI=1S/C11H18N6O2S/c1-7-15-16-11(17(7)5-4-12)20-6-9(18)14-10(19)13-8-2-3-8/h8H,2-6,12H2,1H3,(H2,13,14,18,19). The summed E-state index contributed by atoms with van der Waals surface area (Å²) < 4.78 is 1.85. The van der Waals surface area contributed by atoms with Crippen LogP contribution in [0.15, 0.2) is 5.16 Å². The van der Waals surface area contributed by atoms with Crippen molar-refractivity contribution in [2.75, 3.05) is 12.3 Å². The molecule has 0 unspecified atom stereocenters. The van der Waals surface area contributed by atoms with E-state index < -0.39 is 6.03 Å². The number of urea groups is 1. The van der Waals surface area contributed by atoms with Crippen LogP contribution in [0.3, 0.4) is 0 Å². The third-order valence-electron chi connectivity index (χ3n) is 2.75. The molecule has 1 aliphatic carbocycles. The number of rotatable bonds is 6. The number of thioether (sulfide) groups is 1. The normalized spacial score (nSPS) is 14.1. The van der Waals surface area contributed by atoms with Crippen molar-refractivity contribution in [2.45, 2.75) is 37.5 Å². The van der Waals surface area contributed by atoms with Crippen molar-refractivity contribution in [3.63, 3.8) is 0 Å². The van der Waals surface area contributed by atoms with Crippen LogP contribution in [0.1, 0.15) is 18.7 Å². The molecule has 110 valence electrons. The van der Waals surface area contributed by atoms with Gasteiger partial charge in [0, 0.05) is 19.1 Å². The average molecular weight is 298 g/mol. The summed E-state index contributed by atoms with van der Waals surface area (Å²) in [6.07, 6.45) is 1.97. The Morgan fingerprint density at radius 2 is 2.20 bits per heavy atom. The maximum atomic E-state index is 11.6. The van der Waals surface area contributed by atoms with Gasteiger partial charge in [0.05, 0.1) is 5.75 Å². The second-order valence-electron chi connectivity index (χ2n) is 4.55. The van der Waals surface area contributed by atoms with Gasteiger partial charge in [0.15, 0.2) is 5.16 Å². The summed E-state index contributed by atoms with van der Waals surface area (Å²) in [7, 11) is 0. The lowest BCUT2D eigenvalue weighted by Gasteiger charge is -2.07. The molecule has 1 aliphatic rings. The molecule has 20 heavy (non-hydrogen) atoms. The summed E-state index contributed by atoms with van der Waals surface area (Å²) in [6.45, 7) is 2.91.